The molecule has 0 spiro atoms. The number of hydrogen-bond acceptors (Lipinski definition) is 3. The number of benzene rings is 2. The smallest absolute Gasteiger partial charge is 0.163 e. The number of carbonyl (C=O) groups excluding carboxylic acids is 2. The minimum absolute atomic E-state index is 0.0422. The van der Waals surface area contributed by atoms with Gasteiger partial charge in [0.25, 0.3) is 0 Å². The highest BCUT2D eigenvalue weighted by molar-refractivity contribution is 5.99. The fraction of sp³-hybridized carbons (Fsp3) is 0.208. The molecule has 136 valence electrons. The average molecular weight is 357 g/mol. The maximum Gasteiger partial charge on any atom is 0.163 e. The number of aryl methyl sites for hydroxylation is 2. The van der Waals surface area contributed by atoms with Crippen molar-refractivity contribution in [3.05, 3.63) is 101 Å². The van der Waals surface area contributed by atoms with Crippen molar-refractivity contribution in [3.63, 3.8) is 0 Å². The quantitative estimate of drug-likeness (QED) is 0.537. The van der Waals surface area contributed by atoms with E-state index in [4.69, 9.17) is 0 Å². The van der Waals surface area contributed by atoms with E-state index in [9.17, 15) is 9.59 Å². The molecule has 3 aromatic rings. The van der Waals surface area contributed by atoms with E-state index in [2.05, 4.69) is 4.98 Å². The molecule has 0 amide bonds. The Bertz CT molecular complexity index is 853. The van der Waals surface area contributed by atoms with E-state index >= 15 is 0 Å². The zero-order valence-electron chi connectivity index (χ0n) is 15.7. The van der Waals surface area contributed by atoms with E-state index in [1.54, 1.807) is 12.4 Å². The van der Waals surface area contributed by atoms with Crippen LogP contribution in [0.2, 0.25) is 0 Å². The van der Waals surface area contributed by atoms with Crippen molar-refractivity contribution in [1.82, 2.24) is 4.98 Å². The van der Waals surface area contributed by atoms with Gasteiger partial charge in [-0.3, -0.25) is 14.6 Å². The Morgan fingerprint density at radius 3 is 1.67 bits per heavy atom. The highest BCUT2D eigenvalue weighted by Crippen LogP contribution is 2.27. The summed E-state index contributed by atoms with van der Waals surface area (Å²) < 4.78 is 0. The Labute approximate surface area is 160 Å². The first kappa shape index (κ1) is 18.7. The first-order chi connectivity index (χ1) is 13.0. The molecule has 0 aliphatic rings. The van der Waals surface area contributed by atoms with Gasteiger partial charge in [0.2, 0.25) is 0 Å². The summed E-state index contributed by atoms with van der Waals surface area (Å²) in [6.07, 6.45) is 4.01. The third-order valence-electron chi connectivity index (χ3n) is 4.77. The average Bonchev–Trinajstić information content (AvgIpc) is 2.69. The van der Waals surface area contributed by atoms with Crippen molar-refractivity contribution in [2.24, 2.45) is 0 Å². The number of pyridine rings is 1. The van der Waals surface area contributed by atoms with Crippen LogP contribution in [0.15, 0.2) is 73.1 Å². The van der Waals surface area contributed by atoms with Gasteiger partial charge in [-0.05, 0) is 31.4 Å². The Morgan fingerprint density at radius 1 is 0.778 bits per heavy atom. The molecular weight excluding hydrogens is 334 g/mol. The van der Waals surface area contributed by atoms with Crippen molar-refractivity contribution in [2.75, 3.05) is 0 Å². The third-order valence-corrected chi connectivity index (χ3v) is 4.77. The van der Waals surface area contributed by atoms with E-state index in [-0.39, 0.29) is 30.3 Å². The monoisotopic (exact) mass is 357 g/mol. The van der Waals surface area contributed by atoms with Crippen LogP contribution >= 0.6 is 0 Å². The molecule has 0 saturated carbocycles. The molecule has 0 unspecified atom stereocenters. The summed E-state index contributed by atoms with van der Waals surface area (Å²) in [5, 5.41) is 0. The Balaban J connectivity index is 1.81. The molecule has 1 heterocycles. The van der Waals surface area contributed by atoms with Crippen LogP contribution in [0.25, 0.3) is 0 Å². The highest BCUT2D eigenvalue weighted by atomic mass is 16.1. The van der Waals surface area contributed by atoms with Gasteiger partial charge < -0.3 is 0 Å². The minimum atomic E-state index is -0.193. The van der Waals surface area contributed by atoms with E-state index < -0.39 is 0 Å². The van der Waals surface area contributed by atoms with Crippen molar-refractivity contribution in [2.45, 2.75) is 32.6 Å². The van der Waals surface area contributed by atoms with Crippen LogP contribution in [0.3, 0.4) is 0 Å². The number of rotatable bonds is 7. The second kappa shape index (κ2) is 8.54. The van der Waals surface area contributed by atoms with Crippen molar-refractivity contribution < 1.29 is 9.59 Å². The number of nitrogens with zero attached hydrogens (tertiary/aromatic N) is 1. The summed E-state index contributed by atoms with van der Waals surface area (Å²) in [6.45, 7) is 3.99. The summed E-state index contributed by atoms with van der Waals surface area (Å²) in [5.41, 5.74) is 4.50. The van der Waals surface area contributed by atoms with Gasteiger partial charge in [-0.15, -0.1) is 0 Å². The van der Waals surface area contributed by atoms with Crippen LogP contribution in [-0.4, -0.2) is 16.6 Å². The second-order valence-electron chi connectivity index (χ2n) is 6.97. The fourth-order valence-electron chi connectivity index (χ4n) is 3.09. The topological polar surface area (TPSA) is 47.0 Å². The molecule has 0 fully saturated rings. The van der Waals surface area contributed by atoms with Crippen LogP contribution in [-0.2, 0) is 0 Å². The van der Waals surface area contributed by atoms with Gasteiger partial charge in [0.1, 0.15) is 0 Å². The Kier molecular flexibility index (Phi) is 5.92. The number of aromatic nitrogens is 1. The lowest BCUT2D eigenvalue weighted by Gasteiger charge is -2.16. The predicted octanol–water partition coefficient (Wildman–Crippen LogP) is 5.33. The SMILES string of the molecule is Cc1ccc(C(=O)CC(CC(=O)c2ccc(C)cc2)c2cccnc2)cc1. The maximum absolute atomic E-state index is 12.8. The van der Waals surface area contributed by atoms with E-state index in [1.807, 2.05) is 74.5 Å². The molecule has 27 heavy (non-hydrogen) atoms. The molecule has 0 radical (unpaired) electrons. The highest BCUT2D eigenvalue weighted by Gasteiger charge is 2.21. The first-order valence-electron chi connectivity index (χ1n) is 9.12. The zero-order chi connectivity index (χ0) is 19.2. The van der Waals surface area contributed by atoms with Crippen LogP contribution in [0, 0.1) is 13.8 Å². The van der Waals surface area contributed by atoms with E-state index in [0.717, 1.165) is 16.7 Å². The number of carbonyl (C=O) groups is 2. The van der Waals surface area contributed by atoms with Crippen LogP contribution < -0.4 is 0 Å². The van der Waals surface area contributed by atoms with Gasteiger partial charge in [-0.2, -0.15) is 0 Å². The molecule has 0 saturated heterocycles. The summed E-state index contributed by atoms with van der Waals surface area (Å²) in [5.74, 6) is -0.109. The summed E-state index contributed by atoms with van der Waals surface area (Å²) in [7, 11) is 0. The predicted molar refractivity (Wildman–Crippen MR) is 107 cm³/mol. The zero-order valence-corrected chi connectivity index (χ0v) is 15.7. The molecule has 1 aromatic heterocycles. The third kappa shape index (κ3) is 4.98. The Morgan fingerprint density at radius 2 is 1.26 bits per heavy atom. The molecule has 0 N–H and O–H groups in total. The number of hydrogen-bond donors (Lipinski definition) is 0. The molecule has 2 aromatic carbocycles. The van der Waals surface area contributed by atoms with Gasteiger partial charge in [0.05, 0.1) is 0 Å². The molecule has 0 aliphatic carbocycles. The minimum Gasteiger partial charge on any atom is -0.294 e. The second-order valence-corrected chi connectivity index (χ2v) is 6.97. The maximum atomic E-state index is 12.8. The summed E-state index contributed by atoms with van der Waals surface area (Å²) in [6, 6.07) is 18.9. The largest absolute Gasteiger partial charge is 0.294 e. The Hall–Kier alpha value is -3.07. The lowest BCUT2D eigenvalue weighted by Crippen LogP contribution is -2.13. The fourth-order valence-corrected chi connectivity index (χ4v) is 3.09. The van der Waals surface area contributed by atoms with Crippen molar-refractivity contribution >= 4 is 11.6 Å². The van der Waals surface area contributed by atoms with E-state index in [0.29, 0.717) is 11.1 Å². The standard InChI is InChI=1S/C24H23NO2/c1-17-5-9-19(10-6-17)23(26)14-22(21-4-3-13-25-16-21)15-24(27)20-11-7-18(2)8-12-20/h3-13,16,22H,14-15H2,1-2H3. The van der Waals surface area contributed by atoms with Gasteiger partial charge >= 0.3 is 0 Å². The van der Waals surface area contributed by atoms with Crippen molar-refractivity contribution in [3.8, 4) is 0 Å². The van der Waals surface area contributed by atoms with Gasteiger partial charge in [-0.1, -0.05) is 65.7 Å². The molecule has 3 nitrogen and oxygen atoms in total. The summed E-state index contributed by atoms with van der Waals surface area (Å²) >= 11 is 0. The summed E-state index contributed by atoms with van der Waals surface area (Å²) in [4.78, 5) is 29.7. The van der Waals surface area contributed by atoms with Gasteiger partial charge in [-0.25, -0.2) is 0 Å². The van der Waals surface area contributed by atoms with Crippen molar-refractivity contribution in [1.29, 1.82) is 0 Å². The first-order valence-corrected chi connectivity index (χ1v) is 9.12. The lowest BCUT2D eigenvalue weighted by molar-refractivity contribution is 0.0944. The molecule has 0 atom stereocenters. The molecule has 3 heteroatoms. The molecule has 0 aliphatic heterocycles. The molecular formula is C24H23NO2. The normalized spacial score (nSPS) is 10.8. The van der Waals surface area contributed by atoms with Crippen LogP contribution in [0.5, 0.6) is 0 Å². The molecule has 0 bridgehead atoms. The number of ketones is 2. The van der Waals surface area contributed by atoms with Gasteiger partial charge in [0, 0.05) is 36.4 Å². The number of Topliss-reactive ketones (excluding diaryl/α,β-unsaturated/α-hetero) is 2. The van der Waals surface area contributed by atoms with Crippen LogP contribution in [0.4, 0.5) is 0 Å². The van der Waals surface area contributed by atoms with Gasteiger partial charge in [0.15, 0.2) is 11.6 Å². The molecule has 3 rings (SSSR count). The van der Waals surface area contributed by atoms with E-state index in [1.165, 1.54) is 0 Å². The lowest BCUT2D eigenvalue weighted by atomic mass is 9.87. The van der Waals surface area contributed by atoms with Crippen LogP contribution in [0.1, 0.15) is 56.2 Å².